The van der Waals surface area contributed by atoms with Gasteiger partial charge in [0.25, 0.3) is 0 Å². The lowest BCUT2D eigenvalue weighted by Crippen LogP contribution is -2.43. The van der Waals surface area contributed by atoms with E-state index >= 15 is 8.78 Å². The molecule has 4 aromatic rings. The molecule has 2 aromatic heterocycles. The normalized spacial score (nSPS) is 22.7. The van der Waals surface area contributed by atoms with E-state index < -0.39 is 29.4 Å². The standard InChI is InChI=1S/C34H31F3N6O3/c1-3-24-27(36)8-7-20-12-23(46-19-44-2)13-25(28(20)24)30-29(37)31-26(32(40-30)43-11-4-6-22(43)15-38)16-39-33(41-31)45-18-34-9-5-10-42(34)17-21(35)14-34/h1,7-8,12-13,16,21-22H,4-6,9-11,14,17-19H2,2H3/t21-,22-,34+/m1/s1. The van der Waals surface area contributed by atoms with Gasteiger partial charge in [0, 0.05) is 43.8 Å². The highest BCUT2D eigenvalue weighted by Gasteiger charge is 2.49. The van der Waals surface area contributed by atoms with Gasteiger partial charge in [0.1, 0.15) is 47.4 Å². The average molecular weight is 629 g/mol. The molecule has 46 heavy (non-hydrogen) atoms. The minimum Gasteiger partial charge on any atom is -0.468 e. The van der Waals surface area contributed by atoms with Crippen LogP contribution in [0.1, 0.15) is 37.7 Å². The molecule has 5 heterocycles. The van der Waals surface area contributed by atoms with Gasteiger partial charge < -0.3 is 19.1 Å². The molecule has 7 rings (SSSR count). The number of hydrogen-bond donors (Lipinski definition) is 0. The van der Waals surface area contributed by atoms with E-state index in [1.54, 1.807) is 11.0 Å². The second-order valence-corrected chi connectivity index (χ2v) is 12.0. The number of fused-ring (bicyclic) bond motifs is 3. The lowest BCUT2D eigenvalue weighted by molar-refractivity contribution is 0.0512. The fourth-order valence-electron chi connectivity index (χ4n) is 7.24. The molecule has 3 saturated heterocycles. The van der Waals surface area contributed by atoms with Crippen LogP contribution in [0.4, 0.5) is 19.0 Å². The largest absolute Gasteiger partial charge is 0.468 e. The first kappa shape index (κ1) is 30.0. The summed E-state index contributed by atoms with van der Waals surface area (Å²) in [5.74, 6) is 1.60. The SMILES string of the molecule is C#Cc1c(F)ccc2cc(OCOC)cc(-c3nc(N4CCC[C@@H]4C#N)c4cnc(OC[C@@]56CCCN5C[C@H](F)C6)nc4c3F)c12. The van der Waals surface area contributed by atoms with Gasteiger partial charge in [0.15, 0.2) is 12.6 Å². The van der Waals surface area contributed by atoms with E-state index in [2.05, 4.69) is 26.9 Å². The average Bonchev–Trinajstić information content (AvgIpc) is 3.77. The van der Waals surface area contributed by atoms with Crippen molar-refractivity contribution in [2.75, 3.05) is 45.0 Å². The van der Waals surface area contributed by atoms with E-state index in [9.17, 15) is 9.65 Å². The number of ether oxygens (including phenoxy) is 3. The number of pyridine rings is 1. The molecule has 0 unspecified atom stereocenters. The Labute approximate surface area is 263 Å². The van der Waals surface area contributed by atoms with Gasteiger partial charge in [0.2, 0.25) is 0 Å². The summed E-state index contributed by atoms with van der Waals surface area (Å²) >= 11 is 0. The molecular formula is C34H31F3N6O3. The highest BCUT2D eigenvalue weighted by molar-refractivity contribution is 6.03. The lowest BCUT2D eigenvalue weighted by Gasteiger charge is -2.30. The Hall–Kier alpha value is -4.65. The van der Waals surface area contributed by atoms with Crippen molar-refractivity contribution in [3.63, 3.8) is 0 Å². The van der Waals surface area contributed by atoms with Crippen molar-refractivity contribution in [2.24, 2.45) is 0 Å². The maximum absolute atomic E-state index is 16.9. The number of benzene rings is 2. The Kier molecular flexibility index (Phi) is 7.79. The van der Waals surface area contributed by atoms with Crippen molar-refractivity contribution in [3.8, 4) is 41.4 Å². The Morgan fingerprint density at radius 1 is 1.15 bits per heavy atom. The monoisotopic (exact) mass is 628 g/mol. The first-order chi connectivity index (χ1) is 22.4. The summed E-state index contributed by atoms with van der Waals surface area (Å²) in [6.45, 7) is 1.76. The number of halogens is 3. The van der Waals surface area contributed by atoms with E-state index in [0.717, 1.165) is 25.8 Å². The fourth-order valence-corrected chi connectivity index (χ4v) is 7.24. The van der Waals surface area contributed by atoms with Crippen molar-refractivity contribution < 1.29 is 27.4 Å². The van der Waals surface area contributed by atoms with Crippen LogP contribution >= 0.6 is 0 Å². The quantitative estimate of drug-likeness (QED) is 0.184. The first-order valence-electron chi connectivity index (χ1n) is 15.2. The summed E-state index contributed by atoms with van der Waals surface area (Å²) in [7, 11) is 1.47. The minimum atomic E-state index is -0.931. The topological polar surface area (TPSA) is 96.6 Å². The van der Waals surface area contributed by atoms with Crippen molar-refractivity contribution in [1.29, 1.82) is 5.26 Å². The molecule has 12 heteroatoms. The van der Waals surface area contributed by atoms with Gasteiger partial charge in [-0.15, -0.1) is 6.42 Å². The van der Waals surface area contributed by atoms with Crippen LogP contribution in [-0.4, -0.2) is 77.7 Å². The molecule has 0 radical (unpaired) electrons. The van der Waals surface area contributed by atoms with Gasteiger partial charge >= 0.3 is 6.01 Å². The molecule has 2 aromatic carbocycles. The van der Waals surface area contributed by atoms with Crippen LogP contribution in [0.15, 0.2) is 30.5 Å². The highest BCUT2D eigenvalue weighted by atomic mass is 19.1. The Morgan fingerprint density at radius 2 is 2.02 bits per heavy atom. The van der Waals surface area contributed by atoms with Gasteiger partial charge in [-0.25, -0.2) is 23.1 Å². The zero-order chi connectivity index (χ0) is 32.0. The van der Waals surface area contributed by atoms with Gasteiger partial charge in [-0.05, 0) is 55.8 Å². The first-order valence-corrected chi connectivity index (χ1v) is 15.2. The molecule has 0 aliphatic carbocycles. The molecule has 3 aliphatic heterocycles. The molecule has 3 aliphatic rings. The molecule has 0 bridgehead atoms. The van der Waals surface area contributed by atoms with E-state index in [1.165, 1.54) is 31.5 Å². The number of hydrogen-bond acceptors (Lipinski definition) is 9. The fraction of sp³-hybridized carbons (Fsp3) is 0.412. The third-order valence-corrected chi connectivity index (χ3v) is 9.33. The van der Waals surface area contributed by atoms with Crippen LogP contribution in [0.3, 0.4) is 0 Å². The molecular weight excluding hydrogens is 597 g/mol. The third-order valence-electron chi connectivity index (χ3n) is 9.33. The van der Waals surface area contributed by atoms with E-state index in [1.807, 2.05) is 0 Å². The van der Waals surface area contributed by atoms with Gasteiger partial charge in [-0.1, -0.05) is 12.0 Å². The number of anilines is 1. The van der Waals surface area contributed by atoms with Crippen molar-refractivity contribution in [3.05, 3.63) is 47.7 Å². The number of aromatic nitrogens is 3. The van der Waals surface area contributed by atoms with Crippen LogP contribution in [-0.2, 0) is 4.74 Å². The van der Waals surface area contributed by atoms with Gasteiger partial charge in [-0.2, -0.15) is 10.2 Å². The molecule has 0 amide bonds. The maximum Gasteiger partial charge on any atom is 0.317 e. The van der Waals surface area contributed by atoms with Gasteiger partial charge in [-0.3, -0.25) is 4.90 Å². The number of alkyl halides is 1. The lowest BCUT2D eigenvalue weighted by atomic mass is 9.95. The number of nitrogens with zero attached hydrogens (tertiary/aromatic N) is 6. The summed E-state index contributed by atoms with van der Waals surface area (Å²) in [6, 6.07) is 7.72. The molecule has 0 saturated carbocycles. The molecule has 236 valence electrons. The predicted molar refractivity (Wildman–Crippen MR) is 165 cm³/mol. The number of methoxy groups -OCH3 is 1. The maximum atomic E-state index is 16.9. The summed E-state index contributed by atoms with van der Waals surface area (Å²) < 4.78 is 63.1. The van der Waals surface area contributed by atoms with Crippen molar-refractivity contribution in [2.45, 2.75) is 49.9 Å². The van der Waals surface area contributed by atoms with E-state index in [0.29, 0.717) is 48.3 Å². The van der Waals surface area contributed by atoms with E-state index in [4.69, 9.17) is 25.6 Å². The summed E-state index contributed by atoms with van der Waals surface area (Å²) in [6.07, 6.45) is 9.72. The van der Waals surface area contributed by atoms with E-state index in [-0.39, 0.29) is 47.1 Å². The zero-order valence-electron chi connectivity index (χ0n) is 25.2. The van der Waals surface area contributed by atoms with Crippen LogP contribution in [0.5, 0.6) is 11.8 Å². The molecule has 9 nitrogen and oxygen atoms in total. The Balaban J connectivity index is 1.41. The Morgan fingerprint density at radius 3 is 2.83 bits per heavy atom. The van der Waals surface area contributed by atoms with Crippen LogP contribution in [0, 0.1) is 35.3 Å². The minimum absolute atomic E-state index is 0.0560. The van der Waals surface area contributed by atoms with Crippen LogP contribution in [0.25, 0.3) is 32.9 Å². The summed E-state index contributed by atoms with van der Waals surface area (Å²) in [4.78, 5) is 17.6. The molecule has 0 spiro atoms. The molecule has 3 fully saturated rings. The highest BCUT2D eigenvalue weighted by Crippen LogP contribution is 2.42. The second-order valence-electron chi connectivity index (χ2n) is 12.0. The summed E-state index contributed by atoms with van der Waals surface area (Å²) in [5, 5.41) is 11.0. The summed E-state index contributed by atoms with van der Waals surface area (Å²) in [5.41, 5.74) is -0.551. The van der Waals surface area contributed by atoms with Crippen molar-refractivity contribution >= 4 is 27.5 Å². The smallest absolute Gasteiger partial charge is 0.317 e. The third kappa shape index (κ3) is 5.02. The van der Waals surface area contributed by atoms with Crippen LogP contribution < -0.4 is 14.4 Å². The number of nitriles is 1. The number of rotatable bonds is 8. The van der Waals surface area contributed by atoms with Gasteiger partial charge in [0.05, 0.1) is 22.6 Å². The van der Waals surface area contributed by atoms with Crippen molar-refractivity contribution in [1.82, 2.24) is 19.9 Å². The zero-order valence-corrected chi connectivity index (χ0v) is 25.2. The van der Waals surface area contributed by atoms with Crippen LogP contribution in [0.2, 0.25) is 0 Å². The number of terminal acetylenes is 1. The molecule has 0 N–H and O–H groups in total. The Bertz CT molecular complexity index is 1930. The molecule has 3 atom stereocenters. The second kappa shape index (κ2) is 11.9. The predicted octanol–water partition coefficient (Wildman–Crippen LogP) is 5.53.